The number of benzene rings is 3. The van der Waals surface area contributed by atoms with Crippen LogP contribution >= 0.6 is 0 Å². The topological polar surface area (TPSA) is 12.0 Å². The average Bonchev–Trinajstić information content (AvgIpc) is 2.63. The smallest absolute Gasteiger partial charge is 0.125 e. The van der Waals surface area contributed by atoms with E-state index >= 15 is 0 Å². The molecule has 3 aromatic rings. The highest BCUT2D eigenvalue weighted by Gasteiger charge is 2.03. The van der Waals surface area contributed by atoms with Crippen LogP contribution in [0, 0.1) is 5.82 Å². The molecule has 0 unspecified atom stereocenters. The predicted octanol–water partition coefficient (Wildman–Crippen LogP) is 5.76. The Hall–Kier alpha value is -2.87. The number of nitrogens with one attached hydrogen (secondary N) is 1. The van der Waals surface area contributed by atoms with Gasteiger partial charge in [0.15, 0.2) is 0 Å². The molecule has 0 aliphatic rings. The van der Waals surface area contributed by atoms with E-state index in [0.717, 1.165) is 18.7 Å². The molecule has 0 heterocycles. The molecule has 0 radical (unpaired) electrons. The standard InChI is InChI=1S/C22H20FN/c23-20-13-7-14-21(17-20)24-16-8-15-22(18-9-3-1-4-10-18)19-11-5-2-6-12-19/h1-7,9-15,17,24H,8,16H2. The molecule has 3 rings (SSSR count). The molecule has 0 saturated carbocycles. The lowest BCUT2D eigenvalue weighted by Crippen LogP contribution is -2.01. The number of hydrogen-bond acceptors (Lipinski definition) is 1. The minimum absolute atomic E-state index is 0.218. The zero-order chi connectivity index (χ0) is 16.6. The molecular formula is C22H20FN. The van der Waals surface area contributed by atoms with Crippen molar-refractivity contribution >= 4 is 11.3 Å². The Bertz CT molecular complexity index is 753. The monoisotopic (exact) mass is 317 g/mol. The summed E-state index contributed by atoms with van der Waals surface area (Å²) in [6.07, 6.45) is 3.09. The van der Waals surface area contributed by atoms with Crippen molar-refractivity contribution < 1.29 is 4.39 Å². The van der Waals surface area contributed by atoms with Gasteiger partial charge in [-0.1, -0.05) is 72.8 Å². The Kier molecular flexibility index (Phi) is 5.41. The van der Waals surface area contributed by atoms with Gasteiger partial charge >= 0.3 is 0 Å². The largest absolute Gasteiger partial charge is 0.385 e. The summed E-state index contributed by atoms with van der Waals surface area (Å²) in [4.78, 5) is 0. The van der Waals surface area contributed by atoms with Crippen molar-refractivity contribution in [2.75, 3.05) is 11.9 Å². The third kappa shape index (κ3) is 4.32. The van der Waals surface area contributed by atoms with Crippen LogP contribution in [0.5, 0.6) is 0 Å². The van der Waals surface area contributed by atoms with Gasteiger partial charge in [0.1, 0.15) is 5.82 Å². The molecule has 0 bridgehead atoms. The second-order valence-electron chi connectivity index (χ2n) is 5.58. The van der Waals surface area contributed by atoms with Gasteiger partial charge in [-0.3, -0.25) is 0 Å². The molecule has 24 heavy (non-hydrogen) atoms. The van der Waals surface area contributed by atoms with Crippen LogP contribution in [0.2, 0.25) is 0 Å². The van der Waals surface area contributed by atoms with Gasteiger partial charge in [-0.25, -0.2) is 4.39 Å². The highest BCUT2D eigenvalue weighted by Crippen LogP contribution is 2.23. The zero-order valence-electron chi connectivity index (χ0n) is 13.5. The van der Waals surface area contributed by atoms with Crippen LogP contribution in [0.3, 0.4) is 0 Å². The van der Waals surface area contributed by atoms with Crippen molar-refractivity contribution in [3.8, 4) is 0 Å². The molecule has 0 aliphatic heterocycles. The molecule has 0 aromatic heterocycles. The molecule has 0 atom stereocenters. The quantitative estimate of drug-likeness (QED) is 0.570. The van der Waals surface area contributed by atoms with Crippen LogP contribution in [0.4, 0.5) is 10.1 Å². The van der Waals surface area contributed by atoms with Gasteiger partial charge in [0.25, 0.3) is 0 Å². The van der Waals surface area contributed by atoms with Crippen LogP contribution in [0.25, 0.3) is 5.57 Å². The molecule has 0 saturated heterocycles. The van der Waals surface area contributed by atoms with Gasteiger partial charge in [-0.05, 0) is 41.3 Å². The molecule has 3 aromatic carbocycles. The maximum atomic E-state index is 13.2. The Balaban J connectivity index is 1.73. The normalized spacial score (nSPS) is 10.2. The first-order valence-electron chi connectivity index (χ1n) is 8.13. The lowest BCUT2D eigenvalue weighted by atomic mass is 9.97. The molecular weight excluding hydrogens is 297 g/mol. The van der Waals surface area contributed by atoms with E-state index < -0.39 is 0 Å². The molecule has 0 spiro atoms. The molecule has 1 N–H and O–H groups in total. The van der Waals surface area contributed by atoms with Crippen molar-refractivity contribution in [1.82, 2.24) is 0 Å². The fraction of sp³-hybridized carbons (Fsp3) is 0.0909. The van der Waals surface area contributed by atoms with E-state index in [-0.39, 0.29) is 5.82 Å². The van der Waals surface area contributed by atoms with E-state index in [4.69, 9.17) is 0 Å². The number of hydrogen-bond donors (Lipinski definition) is 1. The first-order valence-corrected chi connectivity index (χ1v) is 8.13. The van der Waals surface area contributed by atoms with Gasteiger partial charge in [-0.2, -0.15) is 0 Å². The molecule has 0 aliphatic carbocycles. The van der Waals surface area contributed by atoms with Gasteiger partial charge in [0.2, 0.25) is 0 Å². The first kappa shape index (κ1) is 16.0. The van der Waals surface area contributed by atoms with E-state index in [1.807, 2.05) is 18.2 Å². The highest BCUT2D eigenvalue weighted by atomic mass is 19.1. The molecule has 0 amide bonds. The summed E-state index contributed by atoms with van der Waals surface area (Å²) < 4.78 is 13.2. The molecule has 0 fully saturated rings. The van der Waals surface area contributed by atoms with Crippen molar-refractivity contribution in [1.29, 1.82) is 0 Å². The van der Waals surface area contributed by atoms with Gasteiger partial charge < -0.3 is 5.32 Å². The van der Waals surface area contributed by atoms with Crippen LogP contribution in [-0.4, -0.2) is 6.54 Å². The fourth-order valence-corrected chi connectivity index (χ4v) is 2.67. The van der Waals surface area contributed by atoms with E-state index in [1.54, 1.807) is 6.07 Å². The lowest BCUT2D eigenvalue weighted by Gasteiger charge is -2.10. The Morgan fingerprint density at radius 3 is 2.00 bits per heavy atom. The van der Waals surface area contributed by atoms with E-state index in [1.165, 1.54) is 28.8 Å². The number of anilines is 1. The summed E-state index contributed by atoms with van der Waals surface area (Å²) in [6, 6.07) is 27.3. The minimum atomic E-state index is -0.218. The second kappa shape index (κ2) is 8.11. The first-order chi connectivity index (χ1) is 11.8. The Morgan fingerprint density at radius 2 is 1.42 bits per heavy atom. The lowest BCUT2D eigenvalue weighted by molar-refractivity contribution is 0.628. The summed E-state index contributed by atoms with van der Waals surface area (Å²) in [5.41, 5.74) is 4.44. The number of rotatable bonds is 6. The van der Waals surface area contributed by atoms with E-state index in [2.05, 4.69) is 59.9 Å². The molecule has 2 heteroatoms. The van der Waals surface area contributed by atoms with Crippen LogP contribution in [0.15, 0.2) is 91.0 Å². The van der Waals surface area contributed by atoms with Crippen LogP contribution < -0.4 is 5.32 Å². The van der Waals surface area contributed by atoms with Crippen molar-refractivity contribution in [2.24, 2.45) is 0 Å². The summed E-state index contributed by atoms with van der Waals surface area (Å²) in [6.45, 7) is 0.757. The van der Waals surface area contributed by atoms with E-state index in [0.29, 0.717) is 0 Å². The maximum absolute atomic E-state index is 13.2. The van der Waals surface area contributed by atoms with Crippen molar-refractivity contribution in [2.45, 2.75) is 6.42 Å². The van der Waals surface area contributed by atoms with Crippen molar-refractivity contribution in [3.63, 3.8) is 0 Å². The Labute approximate surface area is 142 Å². The van der Waals surface area contributed by atoms with Crippen molar-refractivity contribution in [3.05, 3.63) is 108 Å². The summed E-state index contributed by atoms with van der Waals surface area (Å²) in [5.74, 6) is -0.218. The van der Waals surface area contributed by atoms with Crippen LogP contribution in [0.1, 0.15) is 17.5 Å². The maximum Gasteiger partial charge on any atom is 0.125 e. The third-order valence-corrected chi connectivity index (χ3v) is 3.82. The van der Waals surface area contributed by atoms with Gasteiger partial charge in [-0.15, -0.1) is 0 Å². The highest BCUT2D eigenvalue weighted by molar-refractivity contribution is 5.79. The minimum Gasteiger partial charge on any atom is -0.385 e. The fourth-order valence-electron chi connectivity index (χ4n) is 2.67. The summed E-state index contributed by atoms with van der Waals surface area (Å²) in [5, 5.41) is 3.26. The van der Waals surface area contributed by atoms with Gasteiger partial charge in [0.05, 0.1) is 0 Å². The molecule has 1 nitrogen and oxygen atoms in total. The third-order valence-electron chi connectivity index (χ3n) is 3.82. The predicted molar refractivity (Wildman–Crippen MR) is 99.5 cm³/mol. The average molecular weight is 317 g/mol. The Morgan fingerprint density at radius 1 is 0.792 bits per heavy atom. The van der Waals surface area contributed by atoms with Gasteiger partial charge in [0, 0.05) is 12.2 Å². The number of halogens is 1. The summed E-state index contributed by atoms with van der Waals surface area (Å²) in [7, 11) is 0. The van der Waals surface area contributed by atoms with Crippen LogP contribution in [-0.2, 0) is 0 Å². The molecule has 120 valence electrons. The van der Waals surface area contributed by atoms with E-state index in [9.17, 15) is 4.39 Å². The second-order valence-corrected chi connectivity index (χ2v) is 5.58. The summed E-state index contributed by atoms with van der Waals surface area (Å²) >= 11 is 0. The zero-order valence-corrected chi connectivity index (χ0v) is 13.5. The SMILES string of the molecule is Fc1cccc(NCCC=C(c2ccccc2)c2ccccc2)c1.